The van der Waals surface area contributed by atoms with Crippen molar-refractivity contribution in [3.63, 3.8) is 0 Å². The molecule has 2 aromatic carbocycles. The van der Waals surface area contributed by atoms with Crippen molar-refractivity contribution >= 4 is 34.0 Å². The van der Waals surface area contributed by atoms with E-state index < -0.39 is 5.82 Å². The second-order valence-electron chi connectivity index (χ2n) is 5.66. The van der Waals surface area contributed by atoms with Crippen LogP contribution in [0.3, 0.4) is 0 Å². The lowest BCUT2D eigenvalue weighted by Crippen LogP contribution is -2.07. The van der Waals surface area contributed by atoms with Crippen LogP contribution in [0.4, 0.5) is 15.9 Å². The SMILES string of the molecule is COc1cc(OC(C)C)c2c(Nc3ccc(F)c(Cl)c3)ncnc2c1. The van der Waals surface area contributed by atoms with Crippen LogP contribution in [0.1, 0.15) is 13.8 Å². The Balaban J connectivity index is 2.12. The molecule has 1 heterocycles. The molecule has 0 aliphatic carbocycles. The number of methoxy groups -OCH3 is 1. The Kier molecular flexibility index (Phi) is 4.90. The molecule has 25 heavy (non-hydrogen) atoms. The van der Waals surface area contributed by atoms with Gasteiger partial charge >= 0.3 is 0 Å². The van der Waals surface area contributed by atoms with Gasteiger partial charge in [-0.05, 0) is 32.0 Å². The van der Waals surface area contributed by atoms with Crippen LogP contribution in [-0.2, 0) is 0 Å². The Morgan fingerprint density at radius 3 is 2.64 bits per heavy atom. The molecular formula is C18H17ClFN3O2. The lowest BCUT2D eigenvalue weighted by atomic mass is 10.2. The van der Waals surface area contributed by atoms with Gasteiger partial charge in [-0.25, -0.2) is 14.4 Å². The first-order valence-corrected chi connectivity index (χ1v) is 8.07. The summed E-state index contributed by atoms with van der Waals surface area (Å²) in [7, 11) is 1.58. The number of fused-ring (bicyclic) bond motifs is 1. The van der Waals surface area contributed by atoms with Crippen molar-refractivity contribution < 1.29 is 13.9 Å². The lowest BCUT2D eigenvalue weighted by molar-refractivity contribution is 0.244. The molecule has 130 valence electrons. The predicted octanol–water partition coefficient (Wildman–Crippen LogP) is 4.96. The number of anilines is 2. The van der Waals surface area contributed by atoms with Crippen LogP contribution in [0.2, 0.25) is 5.02 Å². The van der Waals surface area contributed by atoms with Gasteiger partial charge in [0.1, 0.15) is 29.5 Å². The number of rotatable bonds is 5. The van der Waals surface area contributed by atoms with E-state index in [1.165, 1.54) is 18.5 Å². The van der Waals surface area contributed by atoms with Crippen molar-refractivity contribution in [3.8, 4) is 11.5 Å². The van der Waals surface area contributed by atoms with Gasteiger partial charge in [0.25, 0.3) is 0 Å². The van der Waals surface area contributed by atoms with Crippen LogP contribution in [0, 0.1) is 5.82 Å². The topological polar surface area (TPSA) is 56.3 Å². The number of nitrogens with zero attached hydrogens (tertiary/aromatic N) is 2. The number of halogens is 2. The molecule has 0 bridgehead atoms. The van der Waals surface area contributed by atoms with E-state index in [0.29, 0.717) is 33.9 Å². The van der Waals surface area contributed by atoms with Crippen LogP contribution in [0.15, 0.2) is 36.7 Å². The summed E-state index contributed by atoms with van der Waals surface area (Å²) in [6.45, 7) is 3.86. The Hall–Kier alpha value is -2.60. The van der Waals surface area contributed by atoms with Crippen LogP contribution in [0.25, 0.3) is 10.9 Å². The van der Waals surface area contributed by atoms with Gasteiger partial charge in [0.15, 0.2) is 0 Å². The quantitative estimate of drug-likeness (QED) is 0.696. The molecule has 0 spiro atoms. The lowest BCUT2D eigenvalue weighted by Gasteiger charge is -2.16. The Morgan fingerprint density at radius 2 is 1.96 bits per heavy atom. The highest BCUT2D eigenvalue weighted by atomic mass is 35.5. The summed E-state index contributed by atoms with van der Waals surface area (Å²) < 4.78 is 24.6. The summed E-state index contributed by atoms with van der Waals surface area (Å²) in [5.41, 5.74) is 1.28. The maximum atomic E-state index is 13.4. The van der Waals surface area contributed by atoms with E-state index in [1.54, 1.807) is 25.3 Å². The molecule has 0 radical (unpaired) electrons. The van der Waals surface area contributed by atoms with E-state index >= 15 is 0 Å². The molecule has 0 aliphatic heterocycles. The van der Waals surface area contributed by atoms with E-state index in [4.69, 9.17) is 21.1 Å². The fourth-order valence-corrected chi connectivity index (χ4v) is 2.58. The molecule has 0 aliphatic rings. The third kappa shape index (κ3) is 3.74. The molecule has 5 nitrogen and oxygen atoms in total. The second kappa shape index (κ2) is 7.11. The number of hydrogen-bond acceptors (Lipinski definition) is 5. The molecule has 0 saturated carbocycles. The molecule has 0 amide bonds. The second-order valence-corrected chi connectivity index (χ2v) is 6.07. The van der Waals surface area contributed by atoms with Crippen molar-refractivity contribution in [1.29, 1.82) is 0 Å². The summed E-state index contributed by atoms with van der Waals surface area (Å²) in [6, 6.07) is 7.96. The first-order chi connectivity index (χ1) is 12.0. The zero-order valence-corrected chi connectivity index (χ0v) is 14.8. The van der Waals surface area contributed by atoms with Crippen LogP contribution in [0.5, 0.6) is 11.5 Å². The van der Waals surface area contributed by atoms with Crippen molar-refractivity contribution in [2.45, 2.75) is 20.0 Å². The Morgan fingerprint density at radius 1 is 1.16 bits per heavy atom. The van der Waals surface area contributed by atoms with E-state index in [2.05, 4.69) is 15.3 Å². The predicted molar refractivity (Wildman–Crippen MR) is 96.5 cm³/mol. The van der Waals surface area contributed by atoms with Crippen molar-refractivity contribution in [2.75, 3.05) is 12.4 Å². The van der Waals surface area contributed by atoms with Gasteiger partial charge < -0.3 is 14.8 Å². The van der Waals surface area contributed by atoms with E-state index in [1.807, 2.05) is 13.8 Å². The molecule has 0 saturated heterocycles. The number of hydrogen-bond donors (Lipinski definition) is 1. The maximum absolute atomic E-state index is 13.4. The minimum atomic E-state index is -0.478. The highest BCUT2D eigenvalue weighted by Gasteiger charge is 2.14. The molecule has 3 rings (SSSR count). The molecule has 1 aromatic heterocycles. The Labute approximate surface area is 149 Å². The summed E-state index contributed by atoms with van der Waals surface area (Å²) in [6.07, 6.45) is 1.40. The number of ether oxygens (including phenoxy) is 2. The smallest absolute Gasteiger partial charge is 0.145 e. The van der Waals surface area contributed by atoms with Gasteiger partial charge in [-0.2, -0.15) is 0 Å². The van der Waals surface area contributed by atoms with Gasteiger partial charge in [0.05, 0.1) is 29.1 Å². The van der Waals surface area contributed by atoms with Gasteiger partial charge in [-0.15, -0.1) is 0 Å². The fourth-order valence-electron chi connectivity index (χ4n) is 2.40. The van der Waals surface area contributed by atoms with E-state index in [9.17, 15) is 4.39 Å². The summed E-state index contributed by atoms with van der Waals surface area (Å²) in [5, 5.41) is 3.88. The number of benzene rings is 2. The molecule has 0 fully saturated rings. The van der Waals surface area contributed by atoms with Gasteiger partial charge in [0.2, 0.25) is 0 Å². The maximum Gasteiger partial charge on any atom is 0.145 e. The summed E-state index contributed by atoms with van der Waals surface area (Å²) in [5.74, 6) is 1.29. The number of nitrogens with one attached hydrogen (secondary N) is 1. The third-order valence-corrected chi connectivity index (χ3v) is 3.75. The largest absolute Gasteiger partial charge is 0.497 e. The van der Waals surface area contributed by atoms with E-state index in [-0.39, 0.29) is 11.1 Å². The van der Waals surface area contributed by atoms with Crippen LogP contribution >= 0.6 is 11.6 Å². The van der Waals surface area contributed by atoms with Crippen molar-refractivity contribution in [3.05, 3.63) is 47.5 Å². The van der Waals surface area contributed by atoms with Crippen LogP contribution < -0.4 is 14.8 Å². The summed E-state index contributed by atoms with van der Waals surface area (Å²) >= 11 is 5.85. The molecular weight excluding hydrogens is 345 g/mol. The van der Waals surface area contributed by atoms with Crippen molar-refractivity contribution in [1.82, 2.24) is 9.97 Å². The minimum Gasteiger partial charge on any atom is -0.497 e. The van der Waals surface area contributed by atoms with Gasteiger partial charge in [-0.1, -0.05) is 11.6 Å². The van der Waals surface area contributed by atoms with Crippen molar-refractivity contribution in [2.24, 2.45) is 0 Å². The van der Waals surface area contributed by atoms with Gasteiger partial charge in [0, 0.05) is 17.8 Å². The first-order valence-electron chi connectivity index (χ1n) is 7.69. The Bertz CT molecular complexity index is 918. The highest BCUT2D eigenvalue weighted by Crippen LogP contribution is 2.36. The van der Waals surface area contributed by atoms with Crippen LogP contribution in [-0.4, -0.2) is 23.2 Å². The molecule has 0 atom stereocenters. The number of aromatic nitrogens is 2. The standard InChI is InChI=1S/C18H17ClFN3O2/c1-10(2)25-16-8-12(24-3)7-15-17(16)18(22-9-21-15)23-11-4-5-14(20)13(19)6-11/h4-10H,1-3H3,(H,21,22,23). The monoisotopic (exact) mass is 361 g/mol. The fraction of sp³-hybridized carbons (Fsp3) is 0.222. The third-order valence-electron chi connectivity index (χ3n) is 3.46. The zero-order valence-electron chi connectivity index (χ0n) is 14.0. The average molecular weight is 362 g/mol. The molecule has 1 N–H and O–H groups in total. The first kappa shape index (κ1) is 17.2. The summed E-state index contributed by atoms with van der Waals surface area (Å²) in [4.78, 5) is 8.59. The molecule has 0 unspecified atom stereocenters. The van der Waals surface area contributed by atoms with Gasteiger partial charge in [-0.3, -0.25) is 0 Å². The highest BCUT2D eigenvalue weighted by molar-refractivity contribution is 6.31. The molecule has 3 aromatic rings. The molecule has 7 heteroatoms. The zero-order chi connectivity index (χ0) is 18.0. The minimum absolute atomic E-state index is 0.0312. The normalized spacial score (nSPS) is 11.0. The van der Waals surface area contributed by atoms with E-state index in [0.717, 1.165) is 0 Å². The average Bonchev–Trinajstić information content (AvgIpc) is 2.57.